The summed E-state index contributed by atoms with van der Waals surface area (Å²) in [6.07, 6.45) is -4.38. The van der Waals surface area contributed by atoms with Crippen LogP contribution in [0.3, 0.4) is 0 Å². The van der Waals surface area contributed by atoms with E-state index in [1.165, 1.54) is 12.1 Å². The van der Waals surface area contributed by atoms with Crippen LogP contribution in [0, 0.1) is 5.92 Å². The van der Waals surface area contributed by atoms with Gasteiger partial charge in [0.2, 0.25) is 0 Å². The number of halogens is 3. The Morgan fingerprint density at radius 1 is 0.719 bits per heavy atom. The Bertz CT molecular complexity index is 1050. The molecule has 0 spiro atoms. The normalized spacial score (nSPS) is 13.0. The van der Waals surface area contributed by atoms with Crippen LogP contribution in [-0.4, -0.2) is 18.3 Å². The monoisotopic (exact) mass is 441 g/mol. The molecule has 0 saturated heterocycles. The highest BCUT2D eigenvalue weighted by atomic mass is 19.4. The van der Waals surface area contributed by atoms with E-state index in [4.69, 9.17) is 5.11 Å². The van der Waals surface area contributed by atoms with E-state index in [1.54, 1.807) is 24.3 Å². The lowest BCUT2D eigenvalue weighted by Gasteiger charge is -2.10. The van der Waals surface area contributed by atoms with Gasteiger partial charge in [0.15, 0.2) is 0 Å². The lowest BCUT2D eigenvalue weighted by atomic mass is 10.2. The van der Waals surface area contributed by atoms with Crippen LogP contribution in [0.4, 0.5) is 41.6 Å². The van der Waals surface area contributed by atoms with E-state index in [0.29, 0.717) is 29.3 Å². The van der Waals surface area contributed by atoms with Gasteiger partial charge in [0.1, 0.15) is 0 Å². The lowest BCUT2D eigenvalue weighted by Crippen LogP contribution is -2.14. The van der Waals surface area contributed by atoms with Crippen molar-refractivity contribution in [2.45, 2.75) is 13.1 Å². The van der Waals surface area contributed by atoms with Crippen LogP contribution >= 0.6 is 0 Å². The summed E-state index contributed by atoms with van der Waals surface area (Å²) in [6.45, 7) is 2.77. The molecule has 9 heteroatoms. The van der Waals surface area contributed by atoms with Crippen LogP contribution in [0.25, 0.3) is 0 Å². The summed E-state index contributed by atoms with van der Waals surface area (Å²) in [7, 11) is 0. The quantitative estimate of drug-likeness (QED) is 0.353. The highest BCUT2D eigenvalue weighted by molar-refractivity contribution is 5.52. The molecule has 0 bridgehead atoms. The minimum Gasteiger partial charge on any atom is -0.396 e. The standard InChI is InChI=1S/C23H22F3N5O/c1-16(15-32)14-27-18-6-8-20(9-7-18)29-31-22-12-10-21(11-13-22)30-28-19-4-2-17(3-5-19)23(24,25)26/h2-13,16,27,32H,14-15H2,1H3. The third kappa shape index (κ3) is 6.98. The van der Waals surface area contributed by atoms with Gasteiger partial charge in [-0.3, -0.25) is 0 Å². The van der Waals surface area contributed by atoms with E-state index in [2.05, 4.69) is 25.8 Å². The summed E-state index contributed by atoms with van der Waals surface area (Å²) in [5, 5.41) is 28.6. The van der Waals surface area contributed by atoms with E-state index < -0.39 is 11.7 Å². The number of azo groups is 2. The summed E-state index contributed by atoms with van der Waals surface area (Å²) < 4.78 is 37.8. The fraction of sp³-hybridized carbons (Fsp3) is 0.217. The number of benzene rings is 3. The average Bonchev–Trinajstić information content (AvgIpc) is 2.81. The molecule has 0 aliphatic rings. The SMILES string of the molecule is CC(CO)CNc1ccc(N=Nc2ccc(N=Nc3ccc(C(F)(F)F)cc3)cc2)cc1. The van der Waals surface area contributed by atoms with Gasteiger partial charge >= 0.3 is 6.18 Å². The van der Waals surface area contributed by atoms with Crippen LogP contribution in [-0.2, 0) is 6.18 Å². The number of hydrogen-bond donors (Lipinski definition) is 2. The van der Waals surface area contributed by atoms with Crippen molar-refractivity contribution in [3.05, 3.63) is 78.4 Å². The molecule has 0 heterocycles. The van der Waals surface area contributed by atoms with E-state index in [1.807, 2.05) is 31.2 Å². The molecule has 3 aromatic rings. The van der Waals surface area contributed by atoms with Crippen molar-refractivity contribution in [3.8, 4) is 0 Å². The number of anilines is 1. The zero-order chi connectivity index (χ0) is 23.0. The fourth-order valence-corrected chi connectivity index (χ4v) is 2.54. The zero-order valence-electron chi connectivity index (χ0n) is 17.3. The Morgan fingerprint density at radius 3 is 1.47 bits per heavy atom. The number of alkyl halides is 3. The van der Waals surface area contributed by atoms with E-state index in [-0.39, 0.29) is 12.5 Å². The Balaban J connectivity index is 1.56. The fourth-order valence-electron chi connectivity index (χ4n) is 2.54. The maximum atomic E-state index is 12.6. The number of rotatable bonds is 8. The smallest absolute Gasteiger partial charge is 0.396 e. The van der Waals surface area contributed by atoms with Gasteiger partial charge in [0.05, 0.1) is 28.3 Å². The summed E-state index contributed by atoms with van der Waals surface area (Å²) >= 11 is 0. The van der Waals surface area contributed by atoms with Crippen LogP contribution in [0.15, 0.2) is 93.3 Å². The maximum absolute atomic E-state index is 12.6. The van der Waals surface area contributed by atoms with Crippen molar-refractivity contribution in [2.24, 2.45) is 26.4 Å². The third-order valence-corrected chi connectivity index (χ3v) is 4.44. The first kappa shape index (κ1) is 23.1. The van der Waals surface area contributed by atoms with Crippen LogP contribution < -0.4 is 5.32 Å². The van der Waals surface area contributed by atoms with E-state index >= 15 is 0 Å². The van der Waals surface area contributed by atoms with Crippen LogP contribution in [0.1, 0.15) is 12.5 Å². The molecule has 0 saturated carbocycles. The average molecular weight is 441 g/mol. The minimum absolute atomic E-state index is 0.133. The molecule has 6 nitrogen and oxygen atoms in total. The van der Waals surface area contributed by atoms with Gasteiger partial charge in [-0.2, -0.15) is 33.6 Å². The summed E-state index contributed by atoms with van der Waals surface area (Å²) in [6, 6.07) is 18.7. The topological polar surface area (TPSA) is 81.7 Å². The van der Waals surface area contributed by atoms with Gasteiger partial charge in [-0.1, -0.05) is 6.92 Å². The number of nitrogens with one attached hydrogen (secondary N) is 1. The summed E-state index contributed by atoms with van der Waals surface area (Å²) in [5.74, 6) is 0.173. The Morgan fingerprint density at radius 2 is 1.09 bits per heavy atom. The predicted octanol–water partition coefficient (Wildman–Crippen LogP) is 7.58. The van der Waals surface area contributed by atoms with Crippen molar-refractivity contribution in [1.29, 1.82) is 0 Å². The molecule has 1 unspecified atom stereocenters. The summed E-state index contributed by atoms with van der Waals surface area (Å²) in [5.41, 5.74) is 2.39. The molecule has 3 rings (SSSR count). The van der Waals surface area contributed by atoms with Crippen LogP contribution in [0.5, 0.6) is 0 Å². The number of aliphatic hydroxyl groups is 1. The number of hydrogen-bond acceptors (Lipinski definition) is 6. The third-order valence-electron chi connectivity index (χ3n) is 4.44. The predicted molar refractivity (Wildman–Crippen MR) is 117 cm³/mol. The second kappa shape index (κ2) is 10.6. The summed E-state index contributed by atoms with van der Waals surface area (Å²) in [4.78, 5) is 0. The maximum Gasteiger partial charge on any atom is 0.416 e. The first-order valence-corrected chi connectivity index (χ1v) is 9.89. The molecule has 2 N–H and O–H groups in total. The van der Waals surface area contributed by atoms with Gasteiger partial charge in [-0.15, -0.1) is 0 Å². The van der Waals surface area contributed by atoms with Gasteiger partial charge in [0.25, 0.3) is 0 Å². The zero-order valence-corrected chi connectivity index (χ0v) is 17.3. The van der Waals surface area contributed by atoms with Gasteiger partial charge < -0.3 is 10.4 Å². The van der Waals surface area contributed by atoms with E-state index in [0.717, 1.165) is 17.8 Å². The van der Waals surface area contributed by atoms with Gasteiger partial charge in [-0.05, 0) is 78.7 Å². The first-order chi connectivity index (χ1) is 15.3. The van der Waals surface area contributed by atoms with Crippen molar-refractivity contribution in [1.82, 2.24) is 0 Å². The molecule has 166 valence electrons. The molecule has 0 amide bonds. The van der Waals surface area contributed by atoms with Crippen molar-refractivity contribution in [3.63, 3.8) is 0 Å². The molecule has 0 aliphatic carbocycles. The molecule has 0 radical (unpaired) electrons. The Hall–Kier alpha value is -3.59. The number of nitrogens with zero attached hydrogens (tertiary/aromatic N) is 4. The minimum atomic E-state index is -4.38. The molecular formula is C23H22F3N5O. The van der Waals surface area contributed by atoms with Crippen molar-refractivity contribution in [2.75, 3.05) is 18.5 Å². The van der Waals surface area contributed by atoms with Crippen molar-refractivity contribution < 1.29 is 18.3 Å². The number of aliphatic hydroxyl groups excluding tert-OH is 1. The molecule has 1 atom stereocenters. The van der Waals surface area contributed by atoms with Gasteiger partial charge in [-0.25, -0.2) is 0 Å². The molecule has 0 fully saturated rings. The lowest BCUT2D eigenvalue weighted by molar-refractivity contribution is -0.137. The molecular weight excluding hydrogens is 419 g/mol. The Kier molecular flexibility index (Phi) is 7.67. The molecule has 0 aliphatic heterocycles. The second-order valence-corrected chi connectivity index (χ2v) is 7.18. The first-order valence-electron chi connectivity index (χ1n) is 9.89. The highest BCUT2D eigenvalue weighted by Gasteiger charge is 2.29. The second-order valence-electron chi connectivity index (χ2n) is 7.18. The van der Waals surface area contributed by atoms with E-state index in [9.17, 15) is 13.2 Å². The molecule has 0 aromatic heterocycles. The Labute approximate surface area is 183 Å². The highest BCUT2D eigenvalue weighted by Crippen LogP contribution is 2.31. The van der Waals surface area contributed by atoms with Crippen LogP contribution in [0.2, 0.25) is 0 Å². The largest absolute Gasteiger partial charge is 0.416 e. The molecule has 3 aromatic carbocycles. The van der Waals surface area contributed by atoms with Gasteiger partial charge in [0, 0.05) is 18.8 Å². The molecule has 32 heavy (non-hydrogen) atoms. The van der Waals surface area contributed by atoms with Crippen molar-refractivity contribution >= 4 is 28.4 Å².